The van der Waals surface area contributed by atoms with E-state index in [4.69, 9.17) is 9.88 Å². The molecule has 0 unspecified atom stereocenters. The lowest BCUT2D eigenvalue weighted by molar-refractivity contribution is 0.102. The summed E-state index contributed by atoms with van der Waals surface area (Å²) in [6.45, 7) is 0. The largest absolute Gasteiger partial charge is 0.495 e. The zero-order chi connectivity index (χ0) is 22.6. The third-order valence-electron chi connectivity index (χ3n) is 4.20. The first kappa shape index (κ1) is 22.3. The summed E-state index contributed by atoms with van der Waals surface area (Å²) in [5, 5.41) is 7.62. The summed E-state index contributed by atoms with van der Waals surface area (Å²) < 4.78 is 55.8. The van der Waals surface area contributed by atoms with Crippen LogP contribution in [0.1, 0.15) is 10.4 Å². The Kier molecular flexibility index (Phi) is 6.29. The number of carbonyl (C=O) groups excluding carboxylic acids is 1. The van der Waals surface area contributed by atoms with Gasteiger partial charge in [-0.3, -0.25) is 9.52 Å². The molecule has 0 aliphatic heterocycles. The minimum Gasteiger partial charge on any atom is -0.495 e. The minimum absolute atomic E-state index is 0.0687. The predicted octanol–water partition coefficient (Wildman–Crippen LogP) is 2.40. The number of para-hydroxylation sites is 2. The highest BCUT2D eigenvalue weighted by Gasteiger charge is 2.18. The van der Waals surface area contributed by atoms with Crippen molar-refractivity contribution in [2.75, 3.05) is 17.1 Å². The second-order valence-electron chi connectivity index (χ2n) is 6.36. The van der Waals surface area contributed by atoms with Crippen LogP contribution in [-0.4, -0.2) is 29.9 Å². The van der Waals surface area contributed by atoms with Gasteiger partial charge in [-0.05, 0) is 54.6 Å². The standard InChI is InChI=1S/C20H19N3O6S2/c1-29-19-8-3-2-7-18(19)23-31(27,28)17-6-4-5-15(13-17)22-20(24)14-9-11-16(12-10-14)30(21,25)26/h2-13,23H,1H3,(H,22,24)(H2,21,25,26). The number of amides is 1. The summed E-state index contributed by atoms with van der Waals surface area (Å²) in [5.74, 6) is -0.188. The van der Waals surface area contributed by atoms with Crippen LogP contribution in [0.4, 0.5) is 11.4 Å². The Balaban J connectivity index is 1.80. The minimum atomic E-state index is -3.95. The second-order valence-corrected chi connectivity index (χ2v) is 9.60. The molecule has 11 heteroatoms. The van der Waals surface area contributed by atoms with Crippen LogP contribution in [-0.2, 0) is 20.0 Å². The van der Waals surface area contributed by atoms with Gasteiger partial charge in [-0.2, -0.15) is 0 Å². The maximum Gasteiger partial charge on any atom is 0.262 e. The number of primary sulfonamides is 1. The molecule has 0 saturated heterocycles. The Morgan fingerprint density at radius 1 is 0.871 bits per heavy atom. The third kappa shape index (κ3) is 5.40. The number of hydrogen-bond donors (Lipinski definition) is 3. The number of hydrogen-bond acceptors (Lipinski definition) is 6. The number of rotatable bonds is 7. The predicted molar refractivity (Wildman–Crippen MR) is 116 cm³/mol. The molecule has 4 N–H and O–H groups in total. The van der Waals surface area contributed by atoms with Crippen LogP contribution in [0, 0.1) is 0 Å². The van der Waals surface area contributed by atoms with E-state index in [2.05, 4.69) is 10.0 Å². The van der Waals surface area contributed by atoms with Gasteiger partial charge in [-0.1, -0.05) is 18.2 Å². The molecule has 162 valence electrons. The number of benzene rings is 3. The average molecular weight is 462 g/mol. The molecule has 31 heavy (non-hydrogen) atoms. The molecule has 0 aromatic heterocycles. The molecule has 3 rings (SSSR count). The second kappa shape index (κ2) is 8.76. The molecule has 0 atom stereocenters. The molecule has 0 aliphatic rings. The molecule has 3 aromatic rings. The summed E-state index contributed by atoms with van der Waals surface area (Å²) in [7, 11) is -6.39. The molecule has 0 radical (unpaired) electrons. The van der Waals surface area contributed by atoms with Crippen LogP contribution >= 0.6 is 0 Å². The van der Waals surface area contributed by atoms with Gasteiger partial charge in [0.25, 0.3) is 15.9 Å². The quantitative estimate of drug-likeness (QED) is 0.493. The van der Waals surface area contributed by atoms with Gasteiger partial charge in [-0.25, -0.2) is 22.0 Å². The lowest BCUT2D eigenvalue weighted by Gasteiger charge is -2.12. The normalized spacial score (nSPS) is 11.5. The number of carbonyl (C=O) groups is 1. The van der Waals surface area contributed by atoms with E-state index in [1.165, 1.54) is 55.6 Å². The molecule has 0 heterocycles. The zero-order valence-electron chi connectivity index (χ0n) is 16.3. The number of sulfonamides is 2. The van der Waals surface area contributed by atoms with Crippen molar-refractivity contribution in [2.24, 2.45) is 5.14 Å². The first-order valence-electron chi connectivity index (χ1n) is 8.80. The van der Waals surface area contributed by atoms with Gasteiger partial charge in [0.15, 0.2) is 0 Å². The van der Waals surface area contributed by atoms with Gasteiger partial charge in [0.2, 0.25) is 10.0 Å². The Hall–Kier alpha value is -3.41. The number of ether oxygens (including phenoxy) is 1. The van der Waals surface area contributed by atoms with E-state index < -0.39 is 26.0 Å². The number of nitrogens with one attached hydrogen (secondary N) is 2. The lowest BCUT2D eigenvalue weighted by atomic mass is 10.2. The number of nitrogens with two attached hydrogens (primary N) is 1. The summed E-state index contributed by atoms with van der Waals surface area (Å²) >= 11 is 0. The van der Waals surface area contributed by atoms with Gasteiger partial charge >= 0.3 is 0 Å². The Morgan fingerprint density at radius 2 is 1.55 bits per heavy atom. The van der Waals surface area contributed by atoms with E-state index >= 15 is 0 Å². The van der Waals surface area contributed by atoms with E-state index in [9.17, 15) is 21.6 Å². The van der Waals surface area contributed by atoms with Crippen molar-refractivity contribution in [3.63, 3.8) is 0 Å². The Bertz CT molecular complexity index is 1320. The van der Waals surface area contributed by atoms with Gasteiger partial charge in [-0.15, -0.1) is 0 Å². The molecular formula is C20H19N3O6S2. The van der Waals surface area contributed by atoms with E-state index in [0.717, 1.165) is 0 Å². The first-order chi connectivity index (χ1) is 14.6. The van der Waals surface area contributed by atoms with E-state index in [0.29, 0.717) is 5.75 Å². The molecule has 0 spiro atoms. The zero-order valence-corrected chi connectivity index (χ0v) is 17.9. The van der Waals surface area contributed by atoms with Crippen LogP contribution in [0.25, 0.3) is 0 Å². The summed E-state index contributed by atoms with van der Waals surface area (Å²) in [6, 6.07) is 17.3. The molecule has 1 amide bonds. The SMILES string of the molecule is COc1ccccc1NS(=O)(=O)c1cccc(NC(=O)c2ccc(S(N)(=O)=O)cc2)c1. The van der Waals surface area contributed by atoms with Crippen LogP contribution in [0.3, 0.4) is 0 Å². The van der Waals surface area contributed by atoms with Crippen LogP contribution in [0.2, 0.25) is 0 Å². The lowest BCUT2D eigenvalue weighted by Crippen LogP contribution is -2.16. The van der Waals surface area contributed by atoms with Crippen molar-refractivity contribution in [1.29, 1.82) is 0 Å². The third-order valence-corrected chi connectivity index (χ3v) is 6.49. The number of methoxy groups -OCH3 is 1. The molecule has 0 saturated carbocycles. The van der Waals surface area contributed by atoms with Crippen molar-refractivity contribution in [3.8, 4) is 5.75 Å². The van der Waals surface area contributed by atoms with Gasteiger partial charge in [0.1, 0.15) is 5.75 Å². The van der Waals surface area contributed by atoms with Crippen molar-refractivity contribution >= 4 is 37.3 Å². The molecule has 0 aliphatic carbocycles. The summed E-state index contributed by atoms with van der Waals surface area (Å²) in [4.78, 5) is 12.2. The fourth-order valence-electron chi connectivity index (χ4n) is 2.67. The molecular weight excluding hydrogens is 442 g/mol. The fraction of sp³-hybridized carbons (Fsp3) is 0.0500. The maximum atomic E-state index is 12.8. The van der Waals surface area contributed by atoms with Gasteiger partial charge in [0, 0.05) is 11.3 Å². The topological polar surface area (TPSA) is 145 Å². The summed E-state index contributed by atoms with van der Waals surface area (Å²) in [5.41, 5.74) is 0.686. The van der Waals surface area contributed by atoms with Gasteiger partial charge < -0.3 is 10.1 Å². The molecule has 3 aromatic carbocycles. The van der Waals surface area contributed by atoms with Crippen molar-refractivity contribution in [3.05, 3.63) is 78.4 Å². The first-order valence-corrected chi connectivity index (χ1v) is 11.8. The molecule has 0 fully saturated rings. The van der Waals surface area contributed by atoms with Crippen molar-refractivity contribution in [1.82, 2.24) is 0 Å². The monoisotopic (exact) mass is 461 g/mol. The highest BCUT2D eigenvalue weighted by atomic mass is 32.2. The van der Waals surface area contributed by atoms with Crippen LogP contribution < -0.4 is 19.9 Å². The average Bonchev–Trinajstić information content (AvgIpc) is 2.73. The fourth-order valence-corrected chi connectivity index (χ4v) is 4.30. The van der Waals surface area contributed by atoms with Gasteiger partial charge in [0.05, 0.1) is 22.6 Å². The van der Waals surface area contributed by atoms with E-state index in [-0.39, 0.29) is 26.7 Å². The van der Waals surface area contributed by atoms with Crippen LogP contribution in [0.15, 0.2) is 82.6 Å². The Morgan fingerprint density at radius 3 is 2.19 bits per heavy atom. The van der Waals surface area contributed by atoms with E-state index in [1.807, 2.05) is 0 Å². The van der Waals surface area contributed by atoms with E-state index in [1.54, 1.807) is 24.3 Å². The number of anilines is 2. The maximum absolute atomic E-state index is 12.8. The Labute approximate surface area is 180 Å². The highest BCUT2D eigenvalue weighted by Crippen LogP contribution is 2.27. The smallest absolute Gasteiger partial charge is 0.262 e. The molecule has 0 bridgehead atoms. The van der Waals surface area contributed by atoms with Crippen molar-refractivity contribution < 1.29 is 26.4 Å². The highest BCUT2D eigenvalue weighted by molar-refractivity contribution is 7.92. The van der Waals surface area contributed by atoms with Crippen LogP contribution in [0.5, 0.6) is 5.75 Å². The summed E-state index contributed by atoms with van der Waals surface area (Å²) in [6.07, 6.45) is 0. The van der Waals surface area contributed by atoms with Crippen molar-refractivity contribution in [2.45, 2.75) is 9.79 Å². The molecule has 9 nitrogen and oxygen atoms in total.